The summed E-state index contributed by atoms with van der Waals surface area (Å²) in [5.74, 6) is 2.18. The lowest BCUT2D eigenvalue weighted by molar-refractivity contribution is -0.132. The number of para-hydroxylation sites is 1. The standard InChI is InChI=1S/C23H28N2O2/c1-27-21-11-9-19(10-12-21)22(18-7-8-18)17-23(26)25-15-13-24(14-16-25)20-5-3-2-4-6-20/h2-6,9-12,18,22H,7-8,13-17H2,1H3. The zero-order valence-electron chi connectivity index (χ0n) is 16.0. The van der Waals surface area contributed by atoms with Crippen molar-refractivity contribution >= 4 is 11.6 Å². The number of ether oxygens (including phenoxy) is 1. The Bertz CT molecular complexity index is 748. The first-order valence-electron chi connectivity index (χ1n) is 9.96. The number of benzene rings is 2. The first-order valence-corrected chi connectivity index (χ1v) is 9.96. The molecule has 1 aliphatic heterocycles. The molecule has 142 valence electrons. The molecule has 2 aromatic rings. The van der Waals surface area contributed by atoms with Crippen LogP contribution in [0.4, 0.5) is 5.69 Å². The van der Waals surface area contributed by atoms with E-state index >= 15 is 0 Å². The van der Waals surface area contributed by atoms with E-state index in [1.807, 2.05) is 18.2 Å². The van der Waals surface area contributed by atoms with Crippen molar-refractivity contribution in [3.05, 3.63) is 60.2 Å². The third kappa shape index (κ3) is 4.26. The van der Waals surface area contributed by atoms with Crippen molar-refractivity contribution in [3.63, 3.8) is 0 Å². The molecule has 2 fully saturated rings. The Hall–Kier alpha value is -2.49. The number of nitrogens with zero attached hydrogens (tertiary/aromatic N) is 2. The van der Waals surface area contributed by atoms with Gasteiger partial charge in [-0.1, -0.05) is 30.3 Å². The largest absolute Gasteiger partial charge is 0.497 e. The van der Waals surface area contributed by atoms with Gasteiger partial charge < -0.3 is 14.5 Å². The smallest absolute Gasteiger partial charge is 0.223 e. The van der Waals surface area contributed by atoms with Crippen LogP contribution < -0.4 is 9.64 Å². The highest BCUT2D eigenvalue weighted by Gasteiger charge is 2.35. The molecule has 1 saturated heterocycles. The summed E-state index contributed by atoms with van der Waals surface area (Å²) >= 11 is 0. The summed E-state index contributed by atoms with van der Waals surface area (Å²) in [5, 5.41) is 0. The lowest BCUT2D eigenvalue weighted by Gasteiger charge is -2.36. The van der Waals surface area contributed by atoms with Crippen molar-refractivity contribution < 1.29 is 9.53 Å². The van der Waals surface area contributed by atoms with Crippen LogP contribution in [-0.4, -0.2) is 44.1 Å². The Kier molecular flexibility index (Phi) is 5.33. The van der Waals surface area contributed by atoms with Gasteiger partial charge in [-0.2, -0.15) is 0 Å². The van der Waals surface area contributed by atoms with E-state index in [2.05, 4.69) is 46.2 Å². The van der Waals surface area contributed by atoms with E-state index in [0.717, 1.165) is 31.9 Å². The van der Waals surface area contributed by atoms with Gasteiger partial charge in [-0.05, 0) is 54.5 Å². The highest BCUT2D eigenvalue weighted by molar-refractivity contribution is 5.77. The summed E-state index contributed by atoms with van der Waals surface area (Å²) in [6, 6.07) is 18.7. The first-order chi connectivity index (χ1) is 13.2. The summed E-state index contributed by atoms with van der Waals surface area (Å²) < 4.78 is 5.27. The summed E-state index contributed by atoms with van der Waals surface area (Å²) in [6.07, 6.45) is 3.11. The van der Waals surface area contributed by atoms with Crippen molar-refractivity contribution in [3.8, 4) is 5.75 Å². The predicted molar refractivity (Wildman–Crippen MR) is 108 cm³/mol. The maximum absolute atomic E-state index is 13.0. The van der Waals surface area contributed by atoms with Crippen LogP contribution >= 0.6 is 0 Å². The van der Waals surface area contributed by atoms with Crippen LogP contribution in [0.3, 0.4) is 0 Å². The first kappa shape index (κ1) is 17.9. The molecule has 4 nitrogen and oxygen atoms in total. The Morgan fingerprint density at radius 1 is 1.00 bits per heavy atom. The van der Waals surface area contributed by atoms with Crippen LogP contribution in [-0.2, 0) is 4.79 Å². The molecule has 1 aliphatic carbocycles. The molecule has 0 radical (unpaired) electrons. The third-order valence-corrected chi connectivity index (χ3v) is 5.88. The minimum Gasteiger partial charge on any atom is -0.497 e. The molecule has 1 amide bonds. The number of methoxy groups -OCH3 is 1. The number of hydrogen-bond donors (Lipinski definition) is 0. The number of amides is 1. The molecule has 0 spiro atoms. The van der Waals surface area contributed by atoms with Gasteiger partial charge in [0.25, 0.3) is 0 Å². The van der Waals surface area contributed by atoms with Crippen molar-refractivity contribution in [2.24, 2.45) is 5.92 Å². The molecule has 2 aliphatic rings. The maximum Gasteiger partial charge on any atom is 0.223 e. The molecule has 2 aromatic carbocycles. The number of rotatable bonds is 6. The van der Waals surface area contributed by atoms with Gasteiger partial charge in [-0.3, -0.25) is 4.79 Å². The highest BCUT2D eigenvalue weighted by Crippen LogP contribution is 2.45. The topological polar surface area (TPSA) is 32.8 Å². The van der Waals surface area contributed by atoms with Crippen molar-refractivity contribution in [1.29, 1.82) is 0 Å². The maximum atomic E-state index is 13.0. The van der Waals surface area contributed by atoms with E-state index in [1.165, 1.54) is 24.1 Å². The van der Waals surface area contributed by atoms with Gasteiger partial charge in [0.05, 0.1) is 7.11 Å². The van der Waals surface area contributed by atoms with Crippen LogP contribution in [0.5, 0.6) is 5.75 Å². The van der Waals surface area contributed by atoms with Crippen LogP contribution in [0.1, 0.15) is 30.7 Å². The number of carbonyl (C=O) groups is 1. The fourth-order valence-corrected chi connectivity index (χ4v) is 4.08. The minimum absolute atomic E-state index is 0.301. The highest BCUT2D eigenvalue weighted by atomic mass is 16.5. The van der Waals surface area contributed by atoms with Crippen molar-refractivity contribution in [1.82, 2.24) is 4.90 Å². The number of piperazine rings is 1. The van der Waals surface area contributed by atoms with E-state index in [0.29, 0.717) is 24.2 Å². The second kappa shape index (κ2) is 8.03. The van der Waals surface area contributed by atoms with E-state index in [-0.39, 0.29) is 0 Å². The van der Waals surface area contributed by atoms with Gasteiger partial charge in [-0.15, -0.1) is 0 Å². The van der Waals surface area contributed by atoms with Crippen LogP contribution in [0.15, 0.2) is 54.6 Å². The van der Waals surface area contributed by atoms with Gasteiger partial charge in [0.1, 0.15) is 5.75 Å². The molecule has 27 heavy (non-hydrogen) atoms. The van der Waals surface area contributed by atoms with E-state index in [4.69, 9.17) is 4.74 Å². The molecule has 0 bridgehead atoms. The Morgan fingerprint density at radius 3 is 2.26 bits per heavy atom. The molecule has 1 atom stereocenters. The Labute approximate surface area is 161 Å². The average molecular weight is 364 g/mol. The quantitative estimate of drug-likeness (QED) is 0.779. The monoisotopic (exact) mass is 364 g/mol. The molecular weight excluding hydrogens is 336 g/mol. The molecular formula is C23H28N2O2. The lowest BCUT2D eigenvalue weighted by atomic mass is 9.90. The van der Waals surface area contributed by atoms with E-state index in [1.54, 1.807) is 7.11 Å². The molecule has 0 N–H and O–H groups in total. The summed E-state index contributed by atoms with van der Waals surface area (Å²) in [5.41, 5.74) is 2.52. The van der Waals surface area contributed by atoms with Crippen molar-refractivity contribution in [2.75, 3.05) is 38.2 Å². The van der Waals surface area contributed by atoms with Gasteiger partial charge in [-0.25, -0.2) is 0 Å². The molecule has 1 heterocycles. The van der Waals surface area contributed by atoms with Gasteiger partial charge in [0, 0.05) is 38.3 Å². The normalized spacial score (nSPS) is 18.3. The third-order valence-electron chi connectivity index (χ3n) is 5.88. The molecule has 0 aromatic heterocycles. The summed E-state index contributed by atoms with van der Waals surface area (Å²) in [4.78, 5) is 17.4. The van der Waals surface area contributed by atoms with Crippen molar-refractivity contribution in [2.45, 2.75) is 25.2 Å². The lowest BCUT2D eigenvalue weighted by Crippen LogP contribution is -2.49. The fraction of sp³-hybridized carbons (Fsp3) is 0.435. The zero-order valence-corrected chi connectivity index (χ0v) is 16.0. The molecule has 1 saturated carbocycles. The van der Waals surface area contributed by atoms with Crippen LogP contribution in [0.2, 0.25) is 0 Å². The summed E-state index contributed by atoms with van der Waals surface area (Å²) in [7, 11) is 1.69. The second-order valence-electron chi connectivity index (χ2n) is 7.62. The van der Waals surface area contributed by atoms with E-state index < -0.39 is 0 Å². The van der Waals surface area contributed by atoms with Crippen LogP contribution in [0, 0.1) is 5.92 Å². The molecule has 4 rings (SSSR count). The number of carbonyl (C=O) groups excluding carboxylic acids is 1. The predicted octanol–water partition coefficient (Wildman–Crippen LogP) is 3.93. The SMILES string of the molecule is COc1ccc(C(CC(=O)N2CCN(c3ccccc3)CC2)C2CC2)cc1. The Morgan fingerprint density at radius 2 is 1.67 bits per heavy atom. The summed E-state index contributed by atoms with van der Waals surface area (Å²) in [6.45, 7) is 3.44. The Balaban J connectivity index is 1.36. The van der Waals surface area contributed by atoms with Gasteiger partial charge in [0.15, 0.2) is 0 Å². The van der Waals surface area contributed by atoms with Crippen LogP contribution in [0.25, 0.3) is 0 Å². The number of anilines is 1. The second-order valence-corrected chi connectivity index (χ2v) is 7.62. The molecule has 1 unspecified atom stereocenters. The average Bonchev–Trinajstić information content (AvgIpc) is 3.58. The van der Waals surface area contributed by atoms with Gasteiger partial charge in [0.2, 0.25) is 5.91 Å². The van der Waals surface area contributed by atoms with E-state index in [9.17, 15) is 4.79 Å². The zero-order chi connectivity index (χ0) is 18.6. The fourth-order valence-electron chi connectivity index (χ4n) is 4.08. The minimum atomic E-state index is 0.301. The van der Waals surface area contributed by atoms with Gasteiger partial charge >= 0.3 is 0 Å². The number of hydrogen-bond acceptors (Lipinski definition) is 3. The molecule has 4 heteroatoms.